The van der Waals surface area contributed by atoms with Crippen LogP contribution >= 0.6 is 0 Å². The van der Waals surface area contributed by atoms with E-state index in [9.17, 15) is 24.3 Å². The van der Waals surface area contributed by atoms with Crippen molar-refractivity contribution >= 4 is 23.7 Å². The lowest BCUT2D eigenvalue weighted by Crippen LogP contribution is -2.37. The summed E-state index contributed by atoms with van der Waals surface area (Å²) in [6.45, 7) is -0.513. The lowest BCUT2D eigenvalue weighted by Gasteiger charge is -2.18. The van der Waals surface area contributed by atoms with Gasteiger partial charge in [0, 0.05) is 26.1 Å². The summed E-state index contributed by atoms with van der Waals surface area (Å²) >= 11 is 0. The van der Waals surface area contributed by atoms with Gasteiger partial charge in [-0.1, -0.05) is 30.3 Å². The molecule has 1 fully saturated rings. The predicted molar refractivity (Wildman–Crippen MR) is 128 cm³/mol. The highest BCUT2D eigenvalue weighted by molar-refractivity contribution is 5.84. The van der Waals surface area contributed by atoms with Crippen LogP contribution in [-0.2, 0) is 35.0 Å². The summed E-state index contributed by atoms with van der Waals surface area (Å²) < 4.78 is 36.2. The molecule has 1 aromatic heterocycles. The van der Waals surface area contributed by atoms with Crippen molar-refractivity contribution in [3.8, 4) is 0 Å². The number of hydrogen-bond donors (Lipinski definition) is 2. The van der Waals surface area contributed by atoms with Gasteiger partial charge in [-0.05, 0) is 11.6 Å². The van der Waals surface area contributed by atoms with E-state index in [2.05, 4.69) is 10.3 Å². The van der Waals surface area contributed by atoms with E-state index in [1.54, 1.807) is 24.3 Å². The van der Waals surface area contributed by atoms with Crippen molar-refractivity contribution < 1.29 is 47.5 Å². The number of carbonyl (C=O) groups is 3. The van der Waals surface area contributed by atoms with Gasteiger partial charge in [0.1, 0.15) is 24.3 Å². The summed E-state index contributed by atoms with van der Waals surface area (Å²) in [6, 6.07) is 10.2. The van der Waals surface area contributed by atoms with E-state index in [0.717, 1.165) is 16.3 Å². The summed E-state index contributed by atoms with van der Waals surface area (Å²) in [6.07, 6.45) is -6.27. The maximum Gasteiger partial charge on any atom is 0.412 e. The number of alkyl halides is 1. The topological polar surface area (TPSA) is 155 Å². The van der Waals surface area contributed by atoms with Crippen LogP contribution in [0, 0.1) is 0 Å². The van der Waals surface area contributed by atoms with Crippen LogP contribution in [0.5, 0.6) is 0 Å². The van der Waals surface area contributed by atoms with Crippen LogP contribution in [0.15, 0.2) is 47.4 Å². The molecule has 208 valence electrons. The Kier molecular flexibility index (Phi) is 11.9. The van der Waals surface area contributed by atoms with Crippen LogP contribution in [0.4, 0.5) is 19.7 Å². The number of amides is 1. The number of halogens is 2. The van der Waals surface area contributed by atoms with Crippen molar-refractivity contribution in [1.82, 2.24) is 9.55 Å². The molecule has 0 spiro atoms. The third-order valence-electron chi connectivity index (χ3n) is 5.42. The molecular formula is C24H29F2N3O9. The molecule has 4 atom stereocenters. The van der Waals surface area contributed by atoms with Crippen LogP contribution < -0.4 is 11.0 Å². The Morgan fingerprint density at radius 1 is 1.16 bits per heavy atom. The first-order valence-electron chi connectivity index (χ1n) is 11.5. The molecule has 1 unspecified atom stereocenters. The van der Waals surface area contributed by atoms with Crippen LogP contribution in [0.1, 0.15) is 24.6 Å². The zero-order chi connectivity index (χ0) is 26.8. The van der Waals surface area contributed by atoms with Gasteiger partial charge in [-0.3, -0.25) is 24.2 Å². The van der Waals surface area contributed by atoms with Crippen molar-refractivity contribution in [2.45, 2.75) is 43.9 Å². The molecule has 2 N–H and O–H groups in total. The third kappa shape index (κ3) is 8.39. The first-order chi connectivity index (χ1) is 17.8. The van der Waals surface area contributed by atoms with Crippen LogP contribution in [0.2, 0.25) is 0 Å². The Morgan fingerprint density at radius 2 is 1.89 bits per heavy atom. The zero-order valence-corrected chi connectivity index (χ0v) is 20.5. The number of benzene rings is 1. The Hall–Kier alpha value is -3.75. The molecule has 2 heterocycles. The molecule has 38 heavy (non-hydrogen) atoms. The van der Waals surface area contributed by atoms with Gasteiger partial charge in [-0.15, -0.1) is 0 Å². The summed E-state index contributed by atoms with van der Waals surface area (Å²) in [5.41, 5.74) is -0.155. The number of aromatic nitrogens is 2. The fourth-order valence-electron chi connectivity index (χ4n) is 3.60. The van der Waals surface area contributed by atoms with Crippen LogP contribution in [0.25, 0.3) is 0 Å². The van der Waals surface area contributed by atoms with E-state index >= 15 is 4.39 Å². The summed E-state index contributed by atoms with van der Waals surface area (Å²) in [5, 5.41) is 11.9. The normalized spacial score (nSPS) is 20.3. The molecular weight excluding hydrogens is 512 g/mol. The van der Waals surface area contributed by atoms with E-state index in [1.807, 2.05) is 6.07 Å². The average molecular weight is 542 g/mol. The van der Waals surface area contributed by atoms with E-state index in [4.69, 9.17) is 18.9 Å². The van der Waals surface area contributed by atoms with E-state index in [1.165, 1.54) is 13.2 Å². The Bertz CT molecular complexity index is 1130. The number of Topliss-reactive ketones (excluding diaryl/α,β-unsaturated/α-hetero) is 1. The predicted octanol–water partition coefficient (Wildman–Crippen LogP) is 1.32. The third-order valence-corrected chi connectivity index (χ3v) is 5.42. The lowest BCUT2D eigenvalue weighted by molar-refractivity contribution is -0.155. The van der Waals surface area contributed by atoms with Crippen molar-refractivity contribution in [2.75, 3.05) is 32.2 Å². The van der Waals surface area contributed by atoms with Crippen molar-refractivity contribution in [1.29, 1.82) is 0 Å². The summed E-state index contributed by atoms with van der Waals surface area (Å²) in [5.74, 6) is -1.17. The molecule has 1 aliphatic rings. The van der Waals surface area contributed by atoms with Gasteiger partial charge in [-0.25, -0.2) is 14.0 Å². The number of ether oxygens (including phenoxy) is 4. The van der Waals surface area contributed by atoms with Gasteiger partial charge in [0.05, 0.1) is 19.6 Å². The minimum atomic E-state index is -2.02. The SMILES string of the molecule is COCCOC(=O)Nc1ccn([C@@H]2O[C@H](CO)[C@@H](OC(=O)CCC(=O)Cc3ccccc3)C2F)c(=O)n1.F. The number of nitrogens with one attached hydrogen (secondary N) is 1. The number of aliphatic hydroxyl groups is 1. The zero-order valence-electron chi connectivity index (χ0n) is 20.5. The Morgan fingerprint density at radius 3 is 2.55 bits per heavy atom. The minimum absolute atomic E-state index is 0. The fraction of sp³-hybridized carbons (Fsp3) is 0.458. The number of ketones is 1. The molecule has 14 heteroatoms. The standard InChI is InChI=1S/C24H28FN3O9.FH/c1-34-11-12-35-24(33)27-18-9-10-28(23(32)26-18)22-20(25)21(17(14-29)36-22)37-19(31)8-7-16(30)13-15-5-3-2-4-6-15;/h2-6,9-10,17,20-22,29H,7-8,11-14H2,1H3,(H,26,27,32,33);1H/t17-,20?,21-,22-;/m1./s1. The molecule has 3 rings (SSSR count). The first-order valence-corrected chi connectivity index (χ1v) is 11.5. The second-order valence-corrected chi connectivity index (χ2v) is 8.10. The molecule has 0 bridgehead atoms. The van der Waals surface area contributed by atoms with Gasteiger partial charge in [0.25, 0.3) is 0 Å². The monoisotopic (exact) mass is 541 g/mol. The fourth-order valence-corrected chi connectivity index (χ4v) is 3.60. The number of carbonyl (C=O) groups excluding carboxylic acids is 3. The van der Waals surface area contributed by atoms with E-state index in [-0.39, 0.29) is 48.8 Å². The Labute approximate surface area is 216 Å². The number of anilines is 1. The first kappa shape index (κ1) is 30.5. The number of esters is 1. The van der Waals surface area contributed by atoms with Gasteiger partial charge in [-0.2, -0.15) is 4.98 Å². The molecule has 1 saturated heterocycles. The highest BCUT2D eigenvalue weighted by Crippen LogP contribution is 2.33. The number of methoxy groups -OCH3 is 1. The van der Waals surface area contributed by atoms with Crippen molar-refractivity contribution in [2.24, 2.45) is 0 Å². The second-order valence-electron chi connectivity index (χ2n) is 8.10. The molecule has 1 aliphatic heterocycles. The number of aliphatic hydroxyl groups excluding tert-OH is 1. The van der Waals surface area contributed by atoms with E-state index < -0.39 is 49.0 Å². The summed E-state index contributed by atoms with van der Waals surface area (Å²) in [4.78, 5) is 52.2. The molecule has 2 aromatic rings. The lowest BCUT2D eigenvalue weighted by atomic mass is 10.1. The maximum absolute atomic E-state index is 15.2. The van der Waals surface area contributed by atoms with Crippen molar-refractivity contribution in [3.05, 3.63) is 58.6 Å². The number of nitrogens with zero attached hydrogens (tertiary/aromatic N) is 2. The summed E-state index contributed by atoms with van der Waals surface area (Å²) in [7, 11) is 1.44. The highest BCUT2D eigenvalue weighted by atomic mass is 19.1. The highest BCUT2D eigenvalue weighted by Gasteiger charge is 2.48. The molecule has 1 amide bonds. The van der Waals surface area contributed by atoms with Gasteiger partial charge in [0.2, 0.25) is 0 Å². The minimum Gasteiger partial charge on any atom is -0.456 e. The van der Waals surface area contributed by atoms with Crippen LogP contribution in [0.3, 0.4) is 0 Å². The quantitative estimate of drug-likeness (QED) is 0.297. The van der Waals surface area contributed by atoms with Gasteiger partial charge >= 0.3 is 17.8 Å². The van der Waals surface area contributed by atoms with Crippen molar-refractivity contribution in [3.63, 3.8) is 0 Å². The molecule has 0 radical (unpaired) electrons. The van der Waals surface area contributed by atoms with Gasteiger partial charge < -0.3 is 24.1 Å². The van der Waals surface area contributed by atoms with E-state index in [0.29, 0.717) is 0 Å². The molecule has 12 nitrogen and oxygen atoms in total. The smallest absolute Gasteiger partial charge is 0.412 e. The number of hydrogen-bond acceptors (Lipinski definition) is 10. The maximum atomic E-state index is 15.2. The van der Waals surface area contributed by atoms with Crippen LogP contribution in [-0.4, -0.2) is 77.8 Å². The Balaban J connectivity index is 0.00000507. The largest absolute Gasteiger partial charge is 0.456 e. The second kappa shape index (κ2) is 14.9. The molecule has 0 aliphatic carbocycles. The average Bonchev–Trinajstić information content (AvgIpc) is 3.18. The molecule has 0 saturated carbocycles. The molecule has 1 aromatic carbocycles. The van der Waals surface area contributed by atoms with Gasteiger partial charge in [0.15, 0.2) is 18.5 Å². The number of rotatable bonds is 12.